The molecule has 6 nitrogen and oxygen atoms in total. The molecule has 0 aliphatic carbocycles. The summed E-state index contributed by atoms with van der Waals surface area (Å²) in [7, 11) is 0. The first-order chi connectivity index (χ1) is 7.90. The molecule has 0 aromatic heterocycles. The first-order valence-electron chi connectivity index (χ1n) is 5.24. The van der Waals surface area contributed by atoms with Gasteiger partial charge in [0.1, 0.15) is 12.6 Å². The van der Waals surface area contributed by atoms with Crippen LogP contribution in [0.1, 0.15) is 20.3 Å². The van der Waals surface area contributed by atoms with Crippen LogP contribution in [0.4, 0.5) is 0 Å². The number of rotatable bonds is 4. The Bertz CT molecular complexity index is 363. The topological polar surface area (TPSA) is 81.7 Å². The number of ether oxygens (including phenoxy) is 2. The molecular weight excluding hydrogens is 226 g/mol. The molecule has 0 radical (unpaired) electrons. The zero-order valence-corrected chi connectivity index (χ0v) is 9.82. The zero-order chi connectivity index (χ0) is 13.0. The summed E-state index contributed by atoms with van der Waals surface area (Å²) in [4.78, 5) is 33.6. The molecule has 1 rings (SSSR count). The van der Waals surface area contributed by atoms with E-state index in [-0.39, 0.29) is 12.6 Å². The summed E-state index contributed by atoms with van der Waals surface area (Å²) in [5.74, 6) is -1.64. The van der Waals surface area contributed by atoms with Gasteiger partial charge in [-0.3, -0.25) is 9.59 Å². The van der Waals surface area contributed by atoms with E-state index in [0.717, 1.165) is 0 Å². The highest BCUT2D eigenvalue weighted by Crippen LogP contribution is 2.17. The molecule has 1 fully saturated rings. The highest BCUT2D eigenvalue weighted by molar-refractivity contribution is 5.94. The number of nitrogens with one attached hydrogen (secondary N) is 1. The molecule has 1 aliphatic heterocycles. The maximum Gasteiger partial charge on any atom is 0.347 e. The van der Waals surface area contributed by atoms with E-state index in [1.54, 1.807) is 6.92 Å². The van der Waals surface area contributed by atoms with Crippen LogP contribution in [0.25, 0.3) is 0 Å². The summed E-state index contributed by atoms with van der Waals surface area (Å²) in [5.41, 5.74) is 0.298. The van der Waals surface area contributed by atoms with E-state index in [9.17, 15) is 14.4 Å². The van der Waals surface area contributed by atoms with Crippen molar-refractivity contribution in [2.24, 2.45) is 0 Å². The minimum Gasteiger partial charge on any atom is -0.460 e. The summed E-state index contributed by atoms with van der Waals surface area (Å²) in [6, 6.07) is 0. The molecule has 0 aromatic carbocycles. The fourth-order valence-electron chi connectivity index (χ4n) is 1.32. The highest BCUT2D eigenvalue weighted by atomic mass is 16.6. The summed E-state index contributed by atoms with van der Waals surface area (Å²) < 4.78 is 9.69. The molecule has 1 heterocycles. The van der Waals surface area contributed by atoms with Crippen molar-refractivity contribution in [1.29, 1.82) is 0 Å². The maximum absolute atomic E-state index is 11.3. The Morgan fingerprint density at radius 2 is 2.24 bits per heavy atom. The van der Waals surface area contributed by atoms with E-state index >= 15 is 0 Å². The average Bonchev–Trinajstić information content (AvgIpc) is 2.53. The van der Waals surface area contributed by atoms with Crippen LogP contribution in [0.2, 0.25) is 0 Å². The van der Waals surface area contributed by atoms with Gasteiger partial charge in [0, 0.05) is 12.0 Å². The van der Waals surface area contributed by atoms with E-state index < -0.39 is 23.9 Å². The lowest BCUT2D eigenvalue weighted by Gasteiger charge is -2.08. The molecule has 0 bridgehead atoms. The van der Waals surface area contributed by atoms with Crippen LogP contribution in [-0.4, -0.2) is 36.6 Å². The predicted molar refractivity (Wildman–Crippen MR) is 57.9 cm³/mol. The van der Waals surface area contributed by atoms with Crippen molar-refractivity contribution in [3.63, 3.8) is 0 Å². The van der Waals surface area contributed by atoms with Gasteiger partial charge in [0.15, 0.2) is 0 Å². The van der Waals surface area contributed by atoms with E-state index in [2.05, 4.69) is 11.9 Å². The molecule has 0 aromatic rings. The largest absolute Gasteiger partial charge is 0.460 e. The molecule has 1 saturated heterocycles. The molecule has 1 aliphatic rings. The van der Waals surface area contributed by atoms with Crippen LogP contribution in [0.15, 0.2) is 12.2 Å². The Morgan fingerprint density at radius 3 is 2.71 bits per heavy atom. The molecule has 17 heavy (non-hydrogen) atoms. The summed E-state index contributed by atoms with van der Waals surface area (Å²) in [5, 5.41) is 2.32. The fourth-order valence-corrected chi connectivity index (χ4v) is 1.32. The number of esters is 2. The van der Waals surface area contributed by atoms with Gasteiger partial charge >= 0.3 is 11.9 Å². The Hall–Kier alpha value is -1.85. The number of cyclic esters (lactones) is 1. The minimum atomic E-state index is -0.862. The van der Waals surface area contributed by atoms with Gasteiger partial charge in [-0.05, 0) is 13.8 Å². The second-order valence-corrected chi connectivity index (χ2v) is 3.92. The molecule has 1 N–H and O–H groups in total. The first kappa shape index (κ1) is 13.2. The standard InChI is InChI=1S/C11H15NO5/c1-6(2)10(14)12-5-9(13)17-8-4-7(3)16-11(8)15/h7-8H,1,4-5H2,2-3H3,(H,12,14). The number of hydrogen-bond acceptors (Lipinski definition) is 5. The Balaban J connectivity index is 2.33. The Labute approximate surface area is 99.0 Å². The van der Waals surface area contributed by atoms with Crippen LogP contribution < -0.4 is 5.32 Å². The lowest BCUT2D eigenvalue weighted by atomic mass is 10.2. The van der Waals surface area contributed by atoms with Crippen molar-refractivity contribution in [3.8, 4) is 0 Å². The second-order valence-electron chi connectivity index (χ2n) is 3.92. The number of hydrogen-bond donors (Lipinski definition) is 1. The quantitative estimate of drug-likeness (QED) is 0.550. The van der Waals surface area contributed by atoms with Crippen molar-refractivity contribution in [2.45, 2.75) is 32.5 Å². The van der Waals surface area contributed by atoms with Crippen molar-refractivity contribution >= 4 is 17.8 Å². The molecule has 1 amide bonds. The third-order valence-corrected chi connectivity index (χ3v) is 2.18. The lowest BCUT2D eigenvalue weighted by molar-refractivity contribution is -0.160. The van der Waals surface area contributed by atoms with Gasteiger partial charge in [0.25, 0.3) is 0 Å². The van der Waals surface area contributed by atoms with Gasteiger partial charge in [0.2, 0.25) is 12.0 Å². The van der Waals surface area contributed by atoms with Crippen molar-refractivity contribution in [1.82, 2.24) is 5.32 Å². The third kappa shape index (κ3) is 3.90. The van der Waals surface area contributed by atoms with Gasteiger partial charge in [-0.25, -0.2) is 4.79 Å². The lowest BCUT2D eigenvalue weighted by Crippen LogP contribution is -2.33. The monoisotopic (exact) mass is 241 g/mol. The van der Waals surface area contributed by atoms with Crippen LogP contribution in [0.5, 0.6) is 0 Å². The summed E-state index contributed by atoms with van der Waals surface area (Å²) in [6.07, 6.45) is -0.761. The van der Waals surface area contributed by atoms with Gasteiger partial charge in [-0.2, -0.15) is 0 Å². The summed E-state index contributed by atoms with van der Waals surface area (Å²) in [6.45, 7) is 6.37. The second kappa shape index (κ2) is 5.47. The SMILES string of the molecule is C=C(C)C(=O)NCC(=O)OC1CC(C)OC1=O. The van der Waals surface area contributed by atoms with Gasteiger partial charge < -0.3 is 14.8 Å². The minimum absolute atomic E-state index is 0.245. The van der Waals surface area contributed by atoms with E-state index in [1.807, 2.05) is 0 Å². The summed E-state index contributed by atoms with van der Waals surface area (Å²) >= 11 is 0. The van der Waals surface area contributed by atoms with Crippen LogP contribution in [0, 0.1) is 0 Å². The molecular formula is C11H15NO5. The number of carbonyl (C=O) groups is 3. The zero-order valence-electron chi connectivity index (χ0n) is 9.82. The van der Waals surface area contributed by atoms with Crippen LogP contribution >= 0.6 is 0 Å². The highest BCUT2D eigenvalue weighted by Gasteiger charge is 2.34. The normalized spacial score (nSPS) is 22.8. The maximum atomic E-state index is 11.3. The molecule has 2 unspecified atom stereocenters. The van der Waals surface area contributed by atoms with E-state index in [1.165, 1.54) is 6.92 Å². The van der Waals surface area contributed by atoms with E-state index in [0.29, 0.717) is 12.0 Å². The van der Waals surface area contributed by atoms with Crippen LogP contribution in [-0.2, 0) is 23.9 Å². The predicted octanol–water partition coefficient (Wildman–Crippen LogP) is -0.0741. The molecule has 94 valence electrons. The van der Waals surface area contributed by atoms with Gasteiger partial charge in [-0.15, -0.1) is 0 Å². The Morgan fingerprint density at radius 1 is 1.59 bits per heavy atom. The number of carbonyl (C=O) groups excluding carboxylic acids is 3. The average molecular weight is 241 g/mol. The van der Waals surface area contributed by atoms with Crippen molar-refractivity contribution < 1.29 is 23.9 Å². The van der Waals surface area contributed by atoms with Crippen molar-refractivity contribution in [3.05, 3.63) is 12.2 Å². The number of amides is 1. The molecule has 0 spiro atoms. The van der Waals surface area contributed by atoms with Crippen molar-refractivity contribution in [2.75, 3.05) is 6.54 Å². The smallest absolute Gasteiger partial charge is 0.347 e. The molecule has 0 saturated carbocycles. The fraction of sp³-hybridized carbons (Fsp3) is 0.545. The first-order valence-corrected chi connectivity index (χ1v) is 5.24. The van der Waals surface area contributed by atoms with Gasteiger partial charge in [0.05, 0.1) is 0 Å². The third-order valence-electron chi connectivity index (χ3n) is 2.18. The molecule has 2 atom stereocenters. The van der Waals surface area contributed by atoms with Crippen LogP contribution in [0.3, 0.4) is 0 Å². The molecule has 6 heteroatoms. The Kier molecular flexibility index (Phi) is 4.25. The van der Waals surface area contributed by atoms with Gasteiger partial charge in [-0.1, -0.05) is 6.58 Å². The van der Waals surface area contributed by atoms with E-state index in [4.69, 9.17) is 9.47 Å².